The molecule has 25 heavy (non-hydrogen) atoms. The summed E-state index contributed by atoms with van der Waals surface area (Å²) in [7, 11) is 0. The van der Waals surface area contributed by atoms with Crippen molar-refractivity contribution in [2.24, 2.45) is 5.41 Å². The number of amides is 1. The lowest BCUT2D eigenvalue weighted by molar-refractivity contribution is -0.149. The van der Waals surface area contributed by atoms with Crippen molar-refractivity contribution in [1.82, 2.24) is 5.32 Å². The van der Waals surface area contributed by atoms with Gasteiger partial charge in [-0.2, -0.15) is 0 Å². The Morgan fingerprint density at radius 1 is 0.960 bits per heavy atom. The summed E-state index contributed by atoms with van der Waals surface area (Å²) in [6.45, 7) is 1.26. The Kier molecular flexibility index (Phi) is 5.14. The number of hydrogen-bond acceptors (Lipinski definition) is 3. The molecule has 0 atom stereocenters. The summed E-state index contributed by atoms with van der Waals surface area (Å²) in [6, 6.07) is 17.6. The molecule has 0 aliphatic heterocycles. The van der Waals surface area contributed by atoms with Crippen LogP contribution in [0, 0.1) is 5.41 Å². The largest absolute Gasteiger partial charge is 0.480 e. The lowest BCUT2D eigenvalue weighted by Crippen LogP contribution is -2.36. The van der Waals surface area contributed by atoms with Crippen molar-refractivity contribution >= 4 is 11.9 Å². The Morgan fingerprint density at radius 3 is 2.24 bits per heavy atom. The first kappa shape index (κ1) is 17.2. The Morgan fingerprint density at radius 2 is 1.60 bits per heavy atom. The standard InChI is InChI=1S/C20H21NO4/c22-18(20(10-11-20)19(23)24)21-12-16-8-4-5-9-17(16)14-25-13-15-6-2-1-3-7-15/h1-9H,10-14H2,(H,21,22)(H,23,24). The van der Waals surface area contributed by atoms with Crippen molar-refractivity contribution < 1.29 is 19.4 Å². The van der Waals surface area contributed by atoms with Crippen molar-refractivity contribution in [2.45, 2.75) is 32.6 Å². The summed E-state index contributed by atoms with van der Waals surface area (Å²) in [6.07, 6.45) is 0.825. The average Bonchev–Trinajstić information content (AvgIpc) is 3.44. The van der Waals surface area contributed by atoms with Crippen LogP contribution in [0.1, 0.15) is 29.5 Å². The predicted molar refractivity (Wildman–Crippen MR) is 92.5 cm³/mol. The summed E-state index contributed by atoms with van der Waals surface area (Å²) >= 11 is 0. The van der Waals surface area contributed by atoms with E-state index in [1.807, 2.05) is 54.6 Å². The molecule has 0 radical (unpaired) electrons. The molecule has 5 nitrogen and oxygen atoms in total. The second-order valence-corrected chi connectivity index (χ2v) is 6.32. The summed E-state index contributed by atoms with van der Waals surface area (Å²) in [4.78, 5) is 23.3. The first-order chi connectivity index (χ1) is 12.1. The van der Waals surface area contributed by atoms with Gasteiger partial charge in [-0.05, 0) is 29.5 Å². The molecule has 130 valence electrons. The molecule has 0 saturated heterocycles. The van der Waals surface area contributed by atoms with Crippen LogP contribution < -0.4 is 5.32 Å². The van der Waals surface area contributed by atoms with E-state index in [4.69, 9.17) is 9.84 Å². The normalized spacial score (nSPS) is 14.7. The van der Waals surface area contributed by atoms with E-state index in [9.17, 15) is 9.59 Å². The van der Waals surface area contributed by atoms with Gasteiger partial charge in [0.05, 0.1) is 13.2 Å². The van der Waals surface area contributed by atoms with Crippen LogP contribution in [0.5, 0.6) is 0 Å². The summed E-state index contributed by atoms with van der Waals surface area (Å²) in [5.41, 5.74) is 1.81. The molecule has 2 aromatic carbocycles. The van der Waals surface area contributed by atoms with Crippen LogP contribution in [0.15, 0.2) is 54.6 Å². The number of carbonyl (C=O) groups is 2. The van der Waals surface area contributed by atoms with Gasteiger partial charge in [-0.3, -0.25) is 9.59 Å². The van der Waals surface area contributed by atoms with Gasteiger partial charge in [0.2, 0.25) is 5.91 Å². The molecule has 0 unspecified atom stereocenters. The summed E-state index contributed by atoms with van der Waals surface area (Å²) in [5, 5.41) is 11.9. The zero-order valence-electron chi connectivity index (χ0n) is 13.9. The van der Waals surface area contributed by atoms with Gasteiger partial charge in [0.1, 0.15) is 5.41 Å². The number of carboxylic acid groups (broad SMARTS) is 1. The zero-order chi connectivity index (χ0) is 17.7. The number of carboxylic acids is 1. The minimum absolute atomic E-state index is 0.304. The van der Waals surface area contributed by atoms with Crippen LogP contribution in [-0.2, 0) is 34.1 Å². The fraction of sp³-hybridized carbons (Fsp3) is 0.300. The molecule has 0 heterocycles. The SMILES string of the molecule is O=C(O)C1(C(=O)NCc2ccccc2COCc2ccccc2)CC1. The number of carbonyl (C=O) groups excluding carboxylic acids is 1. The smallest absolute Gasteiger partial charge is 0.319 e. The highest BCUT2D eigenvalue weighted by Gasteiger charge is 2.56. The van der Waals surface area contributed by atoms with Crippen molar-refractivity contribution in [3.8, 4) is 0 Å². The van der Waals surface area contributed by atoms with Gasteiger partial charge < -0.3 is 15.2 Å². The third-order valence-electron chi connectivity index (χ3n) is 4.52. The highest BCUT2D eigenvalue weighted by molar-refractivity contribution is 6.04. The van der Waals surface area contributed by atoms with Gasteiger partial charge in [-0.1, -0.05) is 54.6 Å². The Hall–Kier alpha value is -2.66. The van der Waals surface area contributed by atoms with E-state index in [0.29, 0.717) is 32.6 Å². The number of benzene rings is 2. The van der Waals surface area contributed by atoms with Crippen LogP contribution >= 0.6 is 0 Å². The molecular weight excluding hydrogens is 318 g/mol. The quantitative estimate of drug-likeness (QED) is 0.725. The molecule has 2 aromatic rings. The Balaban J connectivity index is 1.56. The number of ether oxygens (including phenoxy) is 1. The third-order valence-corrected chi connectivity index (χ3v) is 4.52. The summed E-state index contributed by atoms with van der Waals surface area (Å²) in [5.74, 6) is -1.44. The van der Waals surface area contributed by atoms with Crippen LogP contribution in [0.3, 0.4) is 0 Å². The van der Waals surface area contributed by atoms with Crippen LogP contribution in [0.2, 0.25) is 0 Å². The monoisotopic (exact) mass is 339 g/mol. The topological polar surface area (TPSA) is 75.6 Å². The fourth-order valence-corrected chi connectivity index (χ4v) is 2.73. The van der Waals surface area contributed by atoms with E-state index < -0.39 is 17.3 Å². The summed E-state index contributed by atoms with van der Waals surface area (Å²) < 4.78 is 5.76. The van der Waals surface area contributed by atoms with Crippen molar-refractivity contribution in [1.29, 1.82) is 0 Å². The zero-order valence-corrected chi connectivity index (χ0v) is 13.9. The first-order valence-corrected chi connectivity index (χ1v) is 8.32. The fourth-order valence-electron chi connectivity index (χ4n) is 2.73. The maximum absolute atomic E-state index is 12.1. The highest BCUT2D eigenvalue weighted by Crippen LogP contribution is 2.46. The molecule has 0 bridgehead atoms. The first-order valence-electron chi connectivity index (χ1n) is 8.32. The van der Waals surface area contributed by atoms with E-state index in [2.05, 4.69) is 5.32 Å². The van der Waals surface area contributed by atoms with Crippen LogP contribution in [0.4, 0.5) is 0 Å². The minimum atomic E-state index is -1.21. The van der Waals surface area contributed by atoms with E-state index >= 15 is 0 Å². The highest BCUT2D eigenvalue weighted by atomic mass is 16.5. The van der Waals surface area contributed by atoms with Crippen molar-refractivity contribution in [2.75, 3.05) is 0 Å². The third kappa shape index (κ3) is 4.06. The van der Waals surface area contributed by atoms with Crippen molar-refractivity contribution in [3.05, 3.63) is 71.3 Å². The maximum Gasteiger partial charge on any atom is 0.319 e. The van der Waals surface area contributed by atoms with Gasteiger partial charge in [0.25, 0.3) is 0 Å². The molecule has 0 aromatic heterocycles. The van der Waals surface area contributed by atoms with Gasteiger partial charge in [0.15, 0.2) is 0 Å². The van der Waals surface area contributed by atoms with Crippen LogP contribution in [-0.4, -0.2) is 17.0 Å². The number of rotatable bonds is 8. The van der Waals surface area contributed by atoms with E-state index in [0.717, 1.165) is 16.7 Å². The van der Waals surface area contributed by atoms with Gasteiger partial charge in [-0.15, -0.1) is 0 Å². The number of hydrogen-bond donors (Lipinski definition) is 2. The predicted octanol–water partition coefficient (Wildman–Crippen LogP) is 2.88. The molecule has 1 amide bonds. The molecular formula is C20H21NO4. The van der Waals surface area contributed by atoms with Gasteiger partial charge >= 0.3 is 5.97 Å². The number of aliphatic carboxylic acids is 1. The van der Waals surface area contributed by atoms with Crippen molar-refractivity contribution in [3.63, 3.8) is 0 Å². The molecule has 5 heteroatoms. The molecule has 2 N–H and O–H groups in total. The Bertz CT molecular complexity index is 753. The Labute approximate surface area is 146 Å². The average molecular weight is 339 g/mol. The lowest BCUT2D eigenvalue weighted by Gasteiger charge is -2.14. The van der Waals surface area contributed by atoms with E-state index in [1.165, 1.54) is 0 Å². The van der Waals surface area contributed by atoms with E-state index in [1.54, 1.807) is 0 Å². The number of nitrogens with one attached hydrogen (secondary N) is 1. The second-order valence-electron chi connectivity index (χ2n) is 6.32. The second kappa shape index (κ2) is 7.49. The van der Waals surface area contributed by atoms with Crippen LogP contribution in [0.25, 0.3) is 0 Å². The molecule has 1 saturated carbocycles. The lowest BCUT2D eigenvalue weighted by atomic mass is 10.1. The van der Waals surface area contributed by atoms with Gasteiger partial charge in [-0.25, -0.2) is 0 Å². The molecule has 3 rings (SSSR count). The maximum atomic E-state index is 12.1. The molecule has 0 spiro atoms. The van der Waals surface area contributed by atoms with Gasteiger partial charge in [0, 0.05) is 6.54 Å². The molecule has 1 aliphatic rings. The minimum Gasteiger partial charge on any atom is -0.480 e. The molecule has 1 fully saturated rings. The molecule has 1 aliphatic carbocycles. The van der Waals surface area contributed by atoms with E-state index in [-0.39, 0.29) is 0 Å².